The highest BCUT2D eigenvalue weighted by atomic mass is 32.2. The van der Waals surface area contributed by atoms with Gasteiger partial charge in [-0.1, -0.05) is 30.0 Å². The average Bonchev–Trinajstić information content (AvgIpc) is 2.36. The van der Waals surface area contributed by atoms with Gasteiger partial charge in [-0.05, 0) is 18.4 Å². The number of ether oxygens (including phenoxy) is 1. The van der Waals surface area contributed by atoms with Gasteiger partial charge in [0.15, 0.2) is 5.03 Å². The van der Waals surface area contributed by atoms with E-state index >= 15 is 0 Å². The Morgan fingerprint density at radius 2 is 2.06 bits per heavy atom. The number of nitrogens with zero attached hydrogens (tertiary/aromatic N) is 3. The van der Waals surface area contributed by atoms with E-state index in [0.29, 0.717) is 5.75 Å². The van der Waals surface area contributed by atoms with Crippen LogP contribution in [-0.4, -0.2) is 34.5 Å². The Balaban J connectivity index is 2.75. The van der Waals surface area contributed by atoms with Gasteiger partial charge >= 0.3 is 6.09 Å². The number of carbonyl (C=O) groups is 1. The fourth-order valence-electron chi connectivity index (χ4n) is 1.05. The number of amides is 1. The lowest BCUT2D eigenvalue weighted by Crippen LogP contribution is -2.34. The van der Waals surface area contributed by atoms with Gasteiger partial charge in [0.1, 0.15) is 5.75 Å². The summed E-state index contributed by atoms with van der Waals surface area (Å²) in [6.07, 6.45) is 0.838. The van der Waals surface area contributed by atoms with Crippen molar-refractivity contribution in [2.75, 3.05) is 13.3 Å². The van der Waals surface area contributed by atoms with Crippen LogP contribution in [0.2, 0.25) is 0 Å². The van der Waals surface area contributed by atoms with Crippen molar-refractivity contribution in [2.45, 2.75) is 0 Å². The van der Waals surface area contributed by atoms with E-state index in [1.165, 1.54) is 7.05 Å². The molecule has 0 atom stereocenters. The number of amidine groups is 1. The van der Waals surface area contributed by atoms with Crippen molar-refractivity contribution in [3.63, 3.8) is 0 Å². The quantitative estimate of drug-likeness (QED) is 0.355. The van der Waals surface area contributed by atoms with Crippen molar-refractivity contribution < 1.29 is 14.6 Å². The van der Waals surface area contributed by atoms with Crippen LogP contribution in [0.25, 0.3) is 0 Å². The molecule has 1 aromatic carbocycles. The molecule has 0 aliphatic heterocycles. The molecule has 0 radical (unpaired) electrons. The zero-order valence-electron chi connectivity index (χ0n) is 9.77. The van der Waals surface area contributed by atoms with Crippen LogP contribution in [0, 0.1) is 10.1 Å². The Kier molecular flexibility index (Phi) is 5.12. The summed E-state index contributed by atoms with van der Waals surface area (Å²) in [5, 5.41) is 12.4. The first-order chi connectivity index (χ1) is 8.54. The van der Waals surface area contributed by atoms with Crippen LogP contribution in [-0.2, 0) is 0 Å². The van der Waals surface area contributed by atoms with Crippen molar-refractivity contribution in [1.82, 2.24) is 4.90 Å². The average molecular weight is 269 g/mol. The van der Waals surface area contributed by atoms with Gasteiger partial charge in [0.05, 0.1) is 5.10 Å². The Morgan fingerprint density at radius 3 is 2.56 bits per heavy atom. The SMILES string of the molecule is CS/C(=N\[N+](=O)[O-])N(C)C(=O)Oc1ccccc1. The summed E-state index contributed by atoms with van der Waals surface area (Å²) < 4.78 is 5.01. The van der Waals surface area contributed by atoms with Gasteiger partial charge in [-0.25, -0.2) is 14.9 Å². The molecule has 0 bridgehead atoms. The van der Waals surface area contributed by atoms with Crippen LogP contribution in [0.1, 0.15) is 0 Å². The molecule has 0 aromatic heterocycles. The first-order valence-corrected chi connectivity index (χ1v) is 6.04. The van der Waals surface area contributed by atoms with Crippen LogP contribution in [0.3, 0.4) is 0 Å². The van der Waals surface area contributed by atoms with E-state index in [4.69, 9.17) is 4.74 Å². The van der Waals surface area contributed by atoms with E-state index in [1.807, 2.05) is 0 Å². The summed E-state index contributed by atoms with van der Waals surface area (Å²) in [6, 6.07) is 8.42. The molecule has 0 heterocycles. The molecule has 0 spiro atoms. The van der Waals surface area contributed by atoms with Gasteiger partial charge in [0.25, 0.3) is 0 Å². The standard InChI is InChI=1S/C10H11N3O4S/c1-12(9(18-2)11-13(15)16)10(14)17-8-6-4-3-5-7-8/h3-7H,1-2H3/b11-9-. The number of hydrogen-bond acceptors (Lipinski definition) is 5. The van der Waals surface area contributed by atoms with Crippen LogP contribution in [0.4, 0.5) is 4.79 Å². The molecule has 0 saturated heterocycles. The summed E-state index contributed by atoms with van der Waals surface area (Å²) in [6.45, 7) is 0. The fourth-order valence-corrected chi connectivity index (χ4v) is 1.55. The van der Waals surface area contributed by atoms with Gasteiger partial charge in [-0.15, -0.1) is 0 Å². The third-order valence-electron chi connectivity index (χ3n) is 1.86. The second-order valence-electron chi connectivity index (χ2n) is 3.06. The normalized spacial score (nSPS) is 10.9. The first kappa shape index (κ1) is 14.0. The zero-order valence-corrected chi connectivity index (χ0v) is 10.6. The number of para-hydroxylation sites is 1. The lowest BCUT2D eigenvalue weighted by molar-refractivity contribution is -0.485. The number of thioether (sulfide) groups is 1. The summed E-state index contributed by atoms with van der Waals surface area (Å²) in [5.74, 6) is 0.357. The molecule has 18 heavy (non-hydrogen) atoms. The fraction of sp³-hybridized carbons (Fsp3) is 0.200. The Morgan fingerprint density at radius 1 is 1.44 bits per heavy atom. The number of carbonyl (C=O) groups excluding carboxylic acids is 1. The molecule has 0 fully saturated rings. The third-order valence-corrected chi connectivity index (χ3v) is 2.58. The lowest BCUT2D eigenvalue weighted by Gasteiger charge is -2.14. The number of rotatable bonds is 2. The van der Waals surface area contributed by atoms with Gasteiger partial charge in [-0.3, -0.25) is 4.90 Å². The topological polar surface area (TPSA) is 85.0 Å². The molecule has 0 aliphatic carbocycles. The second kappa shape index (κ2) is 6.60. The maximum Gasteiger partial charge on any atom is 0.421 e. The maximum atomic E-state index is 11.7. The van der Waals surface area contributed by atoms with Crippen molar-refractivity contribution >= 4 is 23.0 Å². The maximum absolute atomic E-state index is 11.7. The van der Waals surface area contributed by atoms with E-state index < -0.39 is 11.1 Å². The minimum absolute atomic E-state index is 0.0547. The van der Waals surface area contributed by atoms with Crippen LogP contribution in [0.15, 0.2) is 35.4 Å². The van der Waals surface area contributed by atoms with E-state index in [2.05, 4.69) is 5.10 Å². The molecule has 7 nitrogen and oxygen atoms in total. The van der Waals surface area contributed by atoms with E-state index in [1.54, 1.807) is 36.6 Å². The van der Waals surface area contributed by atoms with Gasteiger partial charge in [0.2, 0.25) is 5.17 Å². The molecule has 1 aromatic rings. The Hall–Kier alpha value is -2.09. The highest BCUT2D eigenvalue weighted by molar-refractivity contribution is 8.13. The van der Waals surface area contributed by atoms with Crippen LogP contribution >= 0.6 is 11.8 Å². The van der Waals surface area contributed by atoms with Crippen molar-refractivity contribution in [3.8, 4) is 5.75 Å². The van der Waals surface area contributed by atoms with Crippen molar-refractivity contribution in [2.24, 2.45) is 5.10 Å². The highest BCUT2D eigenvalue weighted by Crippen LogP contribution is 2.12. The first-order valence-electron chi connectivity index (χ1n) is 4.82. The van der Waals surface area contributed by atoms with Gasteiger partial charge in [-0.2, -0.15) is 0 Å². The van der Waals surface area contributed by atoms with E-state index in [0.717, 1.165) is 16.7 Å². The summed E-state index contributed by atoms with van der Waals surface area (Å²) in [5.41, 5.74) is 0. The van der Waals surface area contributed by atoms with E-state index in [9.17, 15) is 14.9 Å². The lowest BCUT2D eigenvalue weighted by atomic mass is 10.3. The van der Waals surface area contributed by atoms with Crippen LogP contribution < -0.4 is 4.74 Å². The minimum Gasteiger partial charge on any atom is -0.410 e. The number of hydrogen-bond donors (Lipinski definition) is 0. The molecule has 8 heteroatoms. The molecular weight excluding hydrogens is 258 g/mol. The highest BCUT2D eigenvalue weighted by Gasteiger charge is 2.19. The van der Waals surface area contributed by atoms with E-state index in [-0.39, 0.29) is 5.17 Å². The third kappa shape index (κ3) is 4.06. The van der Waals surface area contributed by atoms with Crippen LogP contribution in [0.5, 0.6) is 5.75 Å². The molecule has 0 N–H and O–H groups in total. The minimum atomic E-state index is -0.863. The molecule has 0 aliphatic rings. The predicted molar refractivity (Wildman–Crippen MR) is 68.2 cm³/mol. The Bertz CT molecular complexity index is 463. The number of hydrazone groups is 1. The summed E-state index contributed by atoms with van der Waals surface area (Å²) in [7, 11) is 1.35. The summed E-state index contributed by atoms with van der Waals surface area (Å²) in [4.78, 5) is 22.9. The molecule has 1 rings (SSSR count). The molecule has 96 valence electrons. The zero-order chi connectivity index (χ0) is 13.5. The number of benzene rings is 1. The van der Waals surface area contributed by atoms with Gasteiger partial charge in [0, 0.05) is 7.05 Å². The van der Waals surface area contributed by atoms with Crippen molar-refractivity contribution in [3.05, 3.63) is 40.4 Å². The molecular formula is C10H11N3O4S. The van der Waals surface area contributed by atoms with Crippen molar-refractivity contribution in [1.29, 1.82) is 0 Å². The predicted octanol–water partition coefficient (Wildman–Crippen LogP) is 2.03. The smallest absolute Gasteiger partial charge is 0.410 e. The van der Waals surface area contributed by atoms with Gasteiger partial charge < -0.3 is 4.74 Å². The monoisotopic (exact) mass is 269 g/mol. The largest absolute Gasteiger partial charge is 0.421 e. The molecule has 0 unspecified atom stereocenters. The number of nitro groups is 1. The second-order valence-corrected chi connectivity index (χ2v) is 3.84. The molecule has 0 saturated carbocycles. The molecule has 1 amide bonds. The Labute approximate surface area is 108 Å². The summed E-state index contributed by atoms with van der Waals surface area (Å²) >= 11 is 0.979.